The summed E-state index contributed by atoms with van der Waals surface area (Å²) in [6.45, 7) is 4.12. The molecule has 1 aliphatic rings. The number of anilines is 1. The van der Waals surface area contributed by atoms with E-state index in [1.807, 2.05) is 31.2 Å². The summed E-state index contributed by atoms with van der Waals surface area (Å²) in [6, 6.07) is 13.8. The van der Waals surface area contributed by atoms with Gasteiger partial charge in [-0.2, -0.15) is 0 Å². The molecule has 1 aliphatic heterocycles. The number of ether oxygens (including phenoxy) is 1. The fraction of sp³-hybridized carbons (Fsp3) is 0.350. The number of nitrogens with zero attached hydrogens (tertiary/aromatic N) is 1. The minimum absolute atomic E-state index is 0.174. The monoisotopic (exact) mass is 342 g/mol. The number of carbonyl (C=O) groups excluding carboxylic acids is 1. The summed E-state index contributed by atoms with van der Waals surface area (Å²) >= 11 is 0. The number of hydrogen-bond acceptors (Lipinski definition) is 2. The zero-order valence-electron chi connectivity index (χ0n) is 14.4. The Hall–Kier alpha value is -2.56. The van der Waals surface area contributed by atoms with E-state index in [0.29, 0.717) is 24.8 Å². The van der Waals surface area contributed by atoms with Gasteiger partial charge in [-0.1, -0.05) is 23.8 Å². The highest BCUT2D eigenvalue weighted by Gasteiger charge is 2.26. The molecule has 1 saturated heterocycles. The molecule has 1 unspecified atom stereocenters. The van der Waals surface area contributed by atoms with Crippen LogP contribution in [0.25, 0.3) is 0 Å². The molecule has 0 bridgehead atoms. The topological polar surface area (TPSA) is 41.6 Å². The Morgan fingerprint density at radius 3 is 2.84 bits per heavy atom. The number of hydrogen-bond donors (Lipinski definition) is 1. The largest absolute Gasteiger partial charge is 0.494 e. The minimum atomic E-state index is -0.356. The highest BCUT2D eigenvalue weighted by molar-refractivity contribution is 5.89. The van der Waals surface area contributed by atoms with Crippen molar-refractivity contribution < 1.29 is 13.9 Å². The maximum Gasteiger partial charge on any atom is 0.321 e. The number of rotatable bonds is 5. The van der Waals surface area contributed by atoms with Crippen LogP contribution in [0.5, 0.6) is 5.75 Å². The zero-order valence-corrected chi connectivity index (χ0v) is 14.4. The summed E-state index contributed by atoms with van der Waals surface area (Å²) in [5.74, 6) is 0.957. The van der Waals surface area contributed by atoms with Gasteiger partial charge in [-0.3, -0.25) is 0 Å². The summed E-state index contributed by atoms with van der Waals surface area (Å²) in [5.41, 5.74) is 1.69. The van der Waals surface area contributed by atoms with Gasteiger partial charge >= 0.3 is 6.03 Å². The highest BCUT2D eigenvalue weighted by atomic mass is 19.1. The first kappa shape index (κ1) is 17.3. The third-order valence-corrected chi connectivity index (χ3v) is 4.46. The normalized spacial score (nSPS) is 16.7. The Labute approximate surface area is 147 Å². The van der Waals surface area contributed by atoms with Gasteiger partial charge < -0.3 is 15.0 Å². The van der Waals surface area contributed by atoms with E-state index in [4.69, 9.17) is 4.74 Å². The van der Waals surface area contributed by atoms with Crippen LogP contribution in [-0.4, -0.2) is 30.6 Å². The molecule has 2 aromatic rings. The Morgan fingerprint density at radius 2 is 2.08 bits per heavy atom. The van der Waals surface area contributed by atoms with Gasteiger partial charge in [0.2, 0.25) is 0 Å². The van der Waals surface area contributed by atoms with Gasteiger partial charge in [-0.15, -0.1) is 0 Å². The lowest BCUT2D eigenvalue weighted by Crippen LogP contribution is -2.33. The molecular weight excluding hydrogens is 319 g/mol. The predicted molar refractivity (Wildman–Crippen MR) is 96.4 cm³/mol. The molecule has 1 fully saturated rings. The quantitative estimate of drug-likeness (QED) is 0.872. The summed E-state index contributed by atoms with van der Waals surface area (Å²) in [4.78, 5) is 14.0. The molecule has 1 heterocycles. The fourth-order valence-electron chi connectivity index (χ4n) is 3.00. The van der Waals surface area contributed by atoms with E-state index >= 15 is 0 Å². The first-order chi connectivity index (χ1) is 12.1. The first-order valence-electron chi connectivity index (χ1n) is 8.61. The molecule has 2 aromatic carbocycles. The van der Waals surface area contributed by atoms with Gasteiger partial charge in [-0.05, 0) is 56.0 Å². The maximum atomic E-state index is 13.2. The van der Waals surface area contributed by atoms with Crippen LogP contribution in [0.15, 0.2) is 48.5 Å². The van der Waals surface area contributed by atoms with Crippen LogP contribution in [0.4, 0.5) is 14.9 Å². The molecule has 0 spiro atoms. The molecule has 1 atom stereocenters. The molecule has 3 rings (SSSR count). The van der Waals surface area contributed by atoms with Crippen molar-refractivity contribution in [3.63, 3.8) is 0 Å². The molecule has 132 valence electrons. The summed E-state index contributed by atoms with van der Waals surface area (Å²) in [5, 5.41) is 2.75. The summed E-state index contributed by atoms with van der Waals surface area (Å²) in [6.07, 6.45) is 1.88. The van der Waals surface area contributed by atoms with Crippen LogP contribution in [0, 0.1) is 18.7 Å². The lowest BCUT2D eigenvalue weighted by atomic mass is 10.1. The Balaban J connectivity index is 1.42. The smallest absolute Gasteiger partial charge is 0.321 e. The van der Waals surface area contributed by atoms with Crippen molar-refractivity contribution >= 4 is 11.7 Å². The predicted octanol–water partition coefficient (Wildman–Crippen LogP) is 4.46. The van der Waals surface area contributed by atoms with Gasteiger partial charge in [0.1, 0.15) is 11.6 Å². The van der Waals surface area contributed by atoms with E-state index in [-0.39, 0.29) is 11.8 Å². The molecule has 0 aliphatic carbocycles. The number of urea groups is 1. The van der Waals surface area contributed by atoms with E-state index in [9.17, 15) is 9.18 Å². The third kappa shape index (κ3) is 4.95. The van der Waals surface area contributed by atoms with Crippen LogP contribution in [0.1, 0.15) is 18.4 Å². The van der Waals surface area contributed by atoms with E-state index in [2.05, 4.69) is 5.32 Å². The third-order valence-electron chi connectivity index (χ3n) is 4.46. The number of halogens is 1. The minimum Gasteiger partial charge on any atom is -0.494 e. The van der Waals surface area contributed by atoms with Crippen LogP contribution in [0.3, 0.4) is 0 Å². The lowest BCUT2D eigenvalue weighted by Gasteiger charge is -2.17. The van der Waals surface area contributed by atoms with Crippen LogP contribution in [0.2, 0.25) is 0 Å². The van der Waals surface area contributed by atoms with E-state index in [1.165, 1.54) is 17.7 Å². The maximum absolute atomic E-state index is 13.2. The molecule has 0 aromatic heterocycles. The van der Waals surface area contributed by atoms with E-state index in [1.54, 1.807) is 17.0 Å². The van der Waals surface area contributed by atoms with E-state index in [0.717, 1.165) is 25.1 Å². The number of aryl methyl sites for hydroxylation is 1. The number of nitrogens with one attached hydrogen (secondary N) is 1. The van der Waals surface area contributed by atoms with Crippen molar-refractivity contribution in [2.45, 2.75) is 19.8 Å². The van der Waals surface area contributed by atoms with Crippen molar-refractivity contribution in [2.75, 3.05) is 25.0 Å². The van der Waals surface area contributed by atoms with Gasteiger partial charge in [-0.25, -0.2) is 9.18 Å². The molecule has 25 heavy (non-hydrogen) atoms. The second-order valence-electron chi connectivity index (χ2n) is 6.49. The fourth-order valence-corrected chi connectivity index (χ4v) is 3.00. The molecule has 0 saturated carbocycles. The van der Waals surface area contributed by atoms with Crippen molar-refractivity contribution in [3.8, 4) is 5.75 Å². The second kappa shape index (κ2) is 8.01. The Morgan fingerprint density at radius 1 is 1.28 bits per heavy atom. The zero-order chi connectivity index (χ0) is 17.6. The SMILES string of the molecule is Cc1ccc(OCCC2CCN(C(=O)Nc3cccc(F)c3)C2)cc1. The number of benzene rings is 2. The van der Waals surface area contributed by atoms with Gasteiger partial charge in [0, 0.05) is 18.8 Å². The molecule has 0 radical (unpaired) electrons. The first-order valence-corrected chi connectivity index (χ1v) is 8.61. The van der Waals surface area contributed by atoms with Gasteiger partial charge in [0.05, 0.1) is 6.61 Å². The van der Waals surface area contributed by atoms with Crippen molar-refractivity contribution in [1.29, 1.82) is 0 Å². The summed E-state index contributed by atoms with van der Waals surface area (Å²) < 4.78 is 18.9. The molecule has 1 N–H and O–H groups in total. The van der Waals surface area contributed by atoms with Crippen LogP contribution < -0.4 is 10.1 Å². The molecular formula is C20H23FN2O2. The number of likely N-dealkylation sites (tertiary alicyclic amines) is 1. The van der Waals surface area contributed by atoms with Gasteiger partial charge in [0.25, 0.3) is 0 Å². The lowest BCUT2D eigenvalue weighted by molar-refractivity contribution is 0.218. The highest BCUT2D eigenvalue weighted by Crippen LogP contribution is 2.21. The number of amides is 2. The molecule has 5 heteroatoms. The van der Waals surface area contributed by atoms with E-state index < -0.39 is 0 Å². The summed E-state index contributed by atoms with van der Waals surface area (Å²) in [7, 11) is 0. The Kier molecular flexibility index (Phi) is 5.53. The van der Waals surface area contributed by atoms with Gasteiger partial charge in [0.15, 0.2) is 0 Å². The van der Waals surface area contributed by atoms with Crippen molar-refractivity contribution in [2.24, 2.45) is 5.92 Å². The Bertz CT molecular complexity index is 718. The standard InChI is InChI=1S/C20H23FN2O2/c1-15-5-7-19(8-6-15)25-12-10-16-9-11-23(14-16)20(24)22-18-4-2-3-17(21)13-18/h2-8,13,16H,9-12,14H2,1H3,(H,22,24). The second-order valence-corrected chi connectivity index (χ2v) is 6.49. The van der Waals surface area contributed by atoms with Crippen LogP contribution in [-0.2, 0) is 0 Å². The average molecular weight is 342 g/mol. The molecule has 4 nitrogen and oxygen atoms in total. The van der Waals surface area contributed by atoms with Crippen LogP contribution >= 0.6 is 0 Å². The molecule has 2 amide bonds. The van der Waals surface area contributed by atoms with Crippen molar-refractivity contribution in [3.05, 3.63) is 59.9 Å². The van der Waals surface area contributed by atoms with Crippen molar-refractivity contribution in [1.82, 2.24) is 4.90 Å². The number of carbonyl (C=O) groups is 1. The average Bonchev–Trinajstić information content (AvgIpc) is 3.06.